The van der Waals surface area contributed by atoms with Crippen LogP contribution in [-0.2, 0) is 37.3 Å². The number of fused-ring (bicyclic) bond motifs is 9. The first kappa shape index (κ1) is 28.2. The average molecular weight is 734 g/mol. The van der Waals surface area contributed by atoms with Gasteiger partial charge in [0.1, 0.15) is 0 Å². The monoisotopic (exact) mass is 733 g/mol. The maximum atomic E-state index is 5.34. The van der Waals surface area contributed by atoms with Crippen molar-refractivity contribution in [2.75, 3.05) is 0 Å². The Balaban J connectivity index is 0.00000316. The van der Waals surface area contributed by atoms with Crippen LogP contribution in [0.5, 0.6) is 0 Å². The van der Waals surface area contributed by atoms with E-state index in [2.05, 4.69) is 136 Å². The zero-order chi connectivity index (χ0) is 28.6. The Morgan fingerprint density at radius 2 is 0.810 bits per heavy atom. The van der Waals surface area contributed by atoms with Gasteiger partial charge in [0.25, 0.3) is 0 Å². The number of para-hydroxylation sites is 2. The maximum absolute atomic E-state index is 5.34. The van der Waals surface area contributed by atoms with Gasteiger partial charge in [-0.25, -0.2) is 9.97 Å². The van der Waals surface area contributed by atoms with E-state index in [1.807, 2.05) is 12.1 Å². The Morgan fingerprint density at radius 1 is 0.476 bits per heavy atom. The molecule has 6 aromatic rings. The summed E-state index contributed by atoms with van der Waals surface area (Å²) in [5, 5.41) is 0. The zero-order valence-electron chi connectivity index (χ0n) is 24.7. The topological polar surface area (TPSA) is 63.8 Å². The molecule has 0 saturated heterocycles. The van der Waals surface area contributed by atoms with Gasteiger partial charge in [0.05, 0.1) is 11.4 Å². The second-order valence-electron chi connectivity index (χ2n) is 12.6. The molecule has 2 aromatic carbocycles. The van der Waals surface area contributed by atoms with Crippen LogP contribution in [0.2, 0.25) is 0 Å². The summed E-state index contributed by atoms with van der Waals surface area (Å²) in [5.41, 5.74) is 6.67. The number of benzene rings is 2. The van der Waals surface area contributed by atoms with Crippen LogP contribution in [0.3, 0.4) is 0 Å². The summed E-state index contributed by atoms with van der Waals surface area (Å²) < 4.78 is 4.32. The average Bonchev–Trinajstić information content (AvgIpc) is 3.78. The Morgan fingerprint density at radius 3 is 1.17 bits per heavy atom. The zero-order valence-corrected chi connectivity index (χ0v) is 27.0. The third kappa shape index (κ3) is 4.27. The van der Waals surface area contributed by atoms with Crippen molar-refractivity contribution in [1.82, 2.24) is 29.1 Å². The predicted octanol–water partition coefficient (Wildman–Crippen LogP) is 6.93. The summed E-state index contributed by atoms with van der Waals surface area (Å²) in [6.07, 6.45) is 4.30. The molecule has 0 atom stereocenters. The van der Waals surface area contributed by atoms with E-state index in [-0.39, 0.29) is 26.5 Å². The van der Waals surface area contributed by atoms with Gasteiger partial charge < -0.3 is 9.97 Å². The quantitative estimate of drug-likeness (QED) is 0.194. The van der Waals surface area contributed by atoms with Crippen LogP contribution in [0, 0.1) is 0 Å². The molecule has 0 radical (unpaired) electrons. The normalized spacial score (nSPS) is 16.2. The number of hydrogen-bond donors (Lipinski definition) is 0. The molecule has 0 fully saturated rings. The molecular formula is C35H34N6Pt. The van der Waals surface area contributed by atoms with Crippen LogP contribution >= 0.6 is 0 Å². The van der Waals surface area contributed by atoms with Gasteiger partial charge >= 0.3 is 21.1 Å². The number of rotatable bonds is 2. The molecule has 8 bridgehead atoms. The Bertz CT molecular complexity index is 1730. The fraction of sp³-hybridized carbons (Fsp3) is 0.257. The summed E-state index contributed by atoms with van der Waals surface area (Å²) in [5.74, 6) is 1.56. The molecule has 4 aromatic heterocycles. The van der Waals surface area contributed by atoms with Gasteiger partial charge in [-0.2, -0.15) is 11.4 Å². The van der Waals surface area contributed by atoms with Gasteiger partial charge in [-0.05, 0) is 29.7 Å². The van der Waals surface area contributed by atoms with Crippen molar-refractivity contribution < 1.29 is 21.1 Å². The van der Waals surface area contributed by atoms with E-state index >= 15 is 0 Å². The van der Waals surface area contributed by atoms with Gasteiger partial charge in [0.2, 0.25) is 0 Å². The van der Waals surface area contributed by atoms with Crippen LogP contribution in [-0.4, -0.2) is 19.1 Å². The molecule has 214 valence electrons. The minimum Gasteiger partial charge on any atom is -0.663 e. The second kappa shape index (κ2) is 9.84. The van der Waals surface area contributed by atoms with Crippen LogP contribution in [0.15, 0.2) is 97.3 Å². The number of hydrogen-bond acceptors (Lipinski definition) is 2. The van der Waals surface area contributed by atoms with Crippen molar-refractivity contribution in [1.29, 1.82) is 0 Å². The summed E-state index contributed by atoms with van der Waals surface area (Å²) in [6, 6.07) is 29.3. The predicted molar refractivity (Wildman–Crippen MR) is 162 cm³/mol. The second-order valence-corrected chi connectivity index (χ2v) is 12.6. The standard InChI is InChI=1S/C35H34N6.Pt/c1-33(2)25-17-19-27(36-25)34(3,4)29-21-40(23-13-9-7-10-14-23)31(38-29)32-39-30(22-41(32)24-15-11-8-12-16-24)35(5,6)28-20-18-26(33)37-28;/h7-22H,1-6H3;/q-2;+2. The molecule has 0 aliphatic carbocycles. The third-order valence-corrected chi connectivity index (χ3v) is 8.80. The summed E-state index contributed by atoms with van der Waals surface area (Å²) in [6.45, 7) is 13.2. The molecule has 6 nitrogen and oxygen atoms in total. The van der Waals surface area contributed by atoms with Crippen molar-refractivity contribution in [3.63, 3.8) is 0 Å². The van der Waals surface area contributed by atoms with Crippen LogP contribution in [0.25, 0.3) is 23.0 Å². The minimum atomic E-state index is -0.444. The van der Waals surface area contributed by atoms with E-state index in [1.54, 1.807) is 0 Å². The Hall–Kier alpha value is -3.89. The van der Waals surface area contributed by atoms with E-state index in [1.165, 1.54) is 0 Å². The van der Waals surface area contributed by atoms with E-state index < -0.39 is 10.8 Å². The number of nitrogens with zero attached hydrogens (tertiary/aromatic N) is 6. The smallest absolute Gasteiger partial charge is 0.663 e. The fourth-order valence-electron chi connectivity index (χ4n) is 5.76. The van der Waals surface area contributed by atoms with E-state index in [0.717, 1.165) is 57.2 Å². The van der Waals surface area contributed by atoms with Gasteiger partial charge in [-0.15, -0.1) is 11.4 Å². The van der Waals surface area contributed by atoms with Crippen molar-refractivity contribution in [3.05, 3.63) is 131 Å². The third-order valence-electron chi connectivity index (χ3n) is 8.80. The summed E-state index contributed by atoms with van der Waals surface area (Å²) in [7, 11) is 0. The Labute approximate surface area is 261 Å². The molecule has 0 amide bonds. The van der Waals surface area contributed by atoms with Crippen molar-refractivity contribution >= 4 is 0 Å². The molecular weight excluding hydrogens is 700 g/mol. The SMILES string of the molecule is CC1(C)c2cn(-c3ccccc3)c(n2)-c2nc(cn2-c2ccccc2)C(C)(C)c2ccc([n-]2)C(C)(C)c2ccc1[n-]2.[Pt+2]. The molecule has 7 rings (SSSR count). The van der Waals surface area contributed by atoms with Gasteiger partial charge in [-0.1, -0.05) is 102 Å². The number of aromatic nitrogens is 6. The van der Waals surface area contributed by atoms with E-state index in [4.69, 9.17) is 19.9 Å². The van der Waals surface area contributed by atoms with Gasteiger partial charge in [0.15, 0.2) is 11.6 Å². The maximum Gasteiger partial charge on any atom is 2.00 e. The molecule has 5 heterocycles. The van der Waals surface area contributed by atoms with Crippen molar-refractivity contribution in [2.45, 2.75) is 57.8 Å². The van der Waals surface area contributed by atoms with E-state index in [9.17, 15) is 0 Å². The molecule has 0 spiro atoms. The van der Waals surface area contributed by atoms with Crippen LogP contribution in [0.4, 0.5) is 0 Å². The van der Waals surface area contributed by atoms with Crippen molar-refractivity contribution in [3.8, 4) is 23.0 Å². The first-order chi connectivity index (χ1) is 19.6. The van der Waals surface area contributed by atoms with Crippen molar-refractivity contribution in [2.24, 2.45) is 0 Å². The molecule has 1 aliphatic rings. The molecule has 0 saturated carbocycles. The minimum absolute atomic E-state index is 0. The summed E-state index contributed by atoms with van der Waals surface area (Å²) >= 11 is 0. The van der Waals surface area contributed by atoms with Crippen LogP contribution in [0.1, 0.15) is 75.7 Å². The summed E-state index contributed by atoms with van der Waals surface area (Å²) in [4.78, 5) is 21.1. The molecule has 0 N–H and O–H groups in total. The van der Waals surface area contributed by atoms with Gasteiger partial charge in [0, 0.05) is 34.6 Å². The molecule has 7 heteroatoms. The largest absolute Gasteiger partial charge is 2.00 e. The van der Waals surface area contributed by atoms with Gasteiger partial charge in [-0.3, -0.25) is 9.13 Å². The first-order valence-electron chi connectivity index (χ1n) is 14.2. The first-order valence-corrected chi connectivity index (χ1v) is 14.2. The van der Waals surface area contributed by atoms with E-state index in [0.29, 0.717) is 0 Å². The molecule has 1 aliphatic heterocycles. The fourth-order valence-corrected chi connectivity index (χ4v) is 5.76. The molecule has 42 heavy (non-hydrogen) atoms. The van der Waals surface area contributed by atoms with Crippen LogP contribution < -0.4 is 9.97 Å². The Kier molecular flexibility index (Phi) is 6.62. The number of imidazole rings is 2. The molecule has 0 unspecified atom stereocenters.